The molecule has 7 heteroatoms. The van der Waals surface area contributed by atoms with Gasteiger partial charge >= 0.3 is 5.97 Å². The second-order valence-corrected chi connectivity index (χ2v) is 4.77. The van der Waals surface area contributed by atoms with E-state index in [4.69, 9.17) is 5.11 Å². The summed E-state index contributed by atoms with van der Waals surface area (Å²) in [4.78, 5) is 30.3. The van der Waals surface area contributed by atoms with Gasteiger partial charge in [0.15, 0.2) is 0 Å². The Kier molecular flexibility index (Phi) is 4.56. The first kappa shape index (κ1) is 13.9. The van der Waals surface area contributed by atoms with Crippen LogP contribution < -0.4 is 5.32 Å². The number of nitrogens with zero attached hydrogens (tertiary/aromatic N) is 2. The number of nitrogens with one attached hydrogen (secondary N) is 1. The highest BCUT2D eigenvalue weighted by atomic mass is 32.1. The summed E-state index contributed by atoms with van der Waals surface area (Å²) in [5, 5.41) is 13.9. The molecule has 2 aromatic heterocycles. The number of aromatic nitrogens is 2. The fraction of sp³-hybridized carbons (Fsp3) is 0.0769. The molecule has 0 radical (unpaired) electrons. The fourth-order valence-electron chi connectivity index (χ4n) is 1.44. The number of carbonyl (C=O) groups excluding carboxylic acids is 1. The SMILES string of the molecule is O=C(O)C=Cc1cncc(C(=O)NCc2nccs2)c1. The molecule has 0 saturated carbocycles. The van der Waals surface area contributed by atoms with Gasteiger partial charge in [-0.3, -0.25) is 9.78 Å². The molecule has 0 unspecified atom stereocenters. The van der Waals surface area contributed by atoms with Crippen LogP contribution in [0.1, 0.15) is 20.9 Å². The molecule has 0 atom stereocenters. The maximum absolute atomic E-state index is 11.9. The number of rotatable bonds is 5. The molecule has 0 saturated heterocycles. The predicted molar refractivity (Wildman–Crippen MR) is 74.2 cm³/mol. The highest BCUT2D eigenvalue weighted by Gasteiger charge is 2.07. The first-order chi connectivity index (χ1) is 9.65. The van der Waals surface area contributed by atoms with Gasteiger partial charge in [0.05, 0.1) is 12.1 Å². The van der Waals surface area contributed by atoms with Crippen molar-refractivity contribution in [2.24, 2.45) is 0 Å². The van der Waals surface area contributed by atoms with E-state index in [0.29, 0.717) is 17.7 Å². The Labute approximate surface area is 118 Å². The van der Waals surface area contributed by atoms with E-state index in [0.717, 1.165) is 11.1 Å². The van der Waals surface area contributed by atoms with Gasteiger partial charge in [0.1, 0.15) is 5.01 Å². The first-order valence-electron chi connectivity index (χ1n) is 5.68. The van der Waals surface area contributed by atoms with Crippen LogP contribution in [0.5, 0.6) is 0 Å². The van der Waals surface area contributed by atoms with E-state index in [-0.39, 0.29) is 5.91 Å². The van der Waals surface area contributed by atoms with Crippen LogP contribution in [0.4, 0.5) is 0 Å². The Morgan fingerprint density at radius 1 is 1.40 bits per heavy atom. The van der Waals surface area contributed by atoms with E-state index < -0.39 is 5.97 Å². The minimum absolute atomic E-state index is 0.279. The summed E-state index contributed by atoms with van der Waals surface area (Å²) < 4.78 is 0. The molecule has 2 N–H and O–H groups in total. The minimum Gasteiger partial charge on any atom is -0.478 e. The van der Waals surface area contributed by atoms with Crippen LogP contribution in [0.15, 0.2) is 36.1 Å². The van der Waals surface area contributed by atoms with Crippen molar-refractivity contribution in [2.75, 3.05) is 0 Å². The third kappa shape index (κ3) is 3.99. The zero-order chi connectivity index (χ0) is 14.4. The van der Waals surface area contributed by atoms with Gasteiger partial charge in [-0.2, -0.15) is 0 Å². The largest absolute Gasteiger partial charge is 0.478 e. The van der Waals surface area contributed by atoms with Crippen LogP contribution in [0.3, 0.4) is 0 Å². The monoisotopic (exact) mass is 289 g/mol. The van der Waals surface area contributed by atoms with Crippen molar-refractivity contribution in [1.29, 1.82) is 0 Å². The summed E-state index contributed by atoms with van der Waals surface area (Å²) in [6, 6.07) is 1.57. The van der Waals surface area contributed by atoms with Crippen molar-refractivity contribution in [3.63, 3.8) is 0 Å². The van der Waals surface area contributed by atoms with Crippen LogP contribution in [0.25, 0.3) is 6.08 Å². The van der Waals surface area contributed by atoms with Crippen molar-refractivity contribution in [3.8, 4) is 0 Å². The second kappa shape index (κ2) is 6.58. The fourth-order valence-corrected chi connectivity index (χ4v) is 1.99. The maximum atomic E-state index is 11.9. The van der Waals surface area contributed by atoms with Crippen molar-refractivity contribution in [3.05, 3.63) is 52.2 Å². The van der Waals surface area contributed by atoms with E-state index in [1.807, 2.05) is 5.38 Å². The summed E-state index contributed by atoms with van der Waals surface area (Å²) in [5.74, 6) is -1.33. The molecule has 0 aliphatic heterocycles. The van der Waals surface area contributed by atoms with Crippen molar-refractivity contribution >= 4 is 29.3 Å². The standard InChI is InChI=1S/C13H11N3O3S/c17-12(18)2-1-9-5-10(7-14-6-9)13(19)16-8-11-15-3-4-20-11/h1-7H,8H2,(H,16,19)(H,17,18). The zero-order valence-electron chi connectivity index (χ0n) is 10.3. The summed E-state index contributed by atoms with van der Waals surface area (Å²) in [5.41, 5.74) is 0.920. The minimum atomic E-state index is -1.05. The van der Waals surface area contributed by atoms with E-state index in [9.17, 15) is 9.59 Å². The van der Waals surface area contributed by atoms with Gasteiger partial charge in [-0.25, -0.2) is 9.78 Å². The third-order valence-corrected chi connectivity index (χ3v) is 3.10. The first-order valence-corrected chi connectivity index (χ1v) is 6.56. The highest BCUT2D eigenvalue weighted by Crippen LogP contribution is 2.07. The average Bonchev–Trinajstić information content (AvgIpc) is 2.96. The lowest BCUT2D eigenvalue weighted by Gasteiger charge is -2.03. The number of hydrogen-bond donors (Lipinski definition) is 2. The highest BCUT2D eigenvalue weighted by molar-refractivity contribution is 7.09. The molecule has 6 nitrogen and oxygen atoms in total. The van der Waals surface area contributed by atoms with Crippen LogP contribution >= 0.6 is 11.3 Å². The van der Waals surface area contributed by atoms with Crippen LogP contribution in [-0.4, -0.2) is 27.0 Å². The molecule has 1 amide bonds. The van der Waals surface area contributed by atoms with E-state index in [1.165, 1.54) is 29.8 Å². The number of amides is 1. The van der Waals surface area contributed by atoms with Crippen LogP contribution in [-0.2, 0) is 11.3 Å². The number of pyridine rings is 1. The van der Waals surface area contributed by atoms with Crippen LogP contribution in [0.2, 0.25) is 0 Å². The Bertz CT molecular complexity index is 638. The van der Waals surface area contributed by atoms with Gasteiger partial charge in [-0.05, 0) is 17.7 Å². The number of carboxylic acids is 1. The molecule has 2 heterocycles. The Morgan fingerprint density at radius 2 is 2.25 bits per heavy atom. The number of carboxylic acid groups (broad SMARTS) is 1. The van der Waals surface area contributed by atoms with E-state index in [1.54, 1.807) is 12.3 Å². The zero-order valence-corrected chi connectivity index (χ0v) is 11.1. The van der Waals surface area contributed by atoms with Crippen molar-refractivity contribution in [1.82, 2.24) is 15.3 Å². The van der Waals surface area contributed by atoms with Gasteiger partial charge in [-0.15, -0.1) is 11.3 Å². The van der Waals surface area contributed by atoms with Gasteiger partial charge in [0, 0.05) is 30.0 Å². The molecule has 0 aromatic carbocycles. The molecule has 0 aliphatic carbocycles. The predicted octanol–water partition coefficient (Wildman–Crippen LogP) is 1.57. The van der Waals surface area contributed by atoms with Crippen molar-refractivity contribution in [2.45, 2.75) is 6.54 Å². The normalized spacial score (nSPS) is 10.6. The number of aliphatic carboxylic acids is 1. The number of carbonyl (C=O) groups is 2. The van der Waals surface area contributed by atoms with E-state index in [2.05, 4.69) is 15.3 Å². The van der Waals surface area contributed by atoms with Crippen molar-refractivity contribution < 1.29 is 14.7 Å². The molecule has 20 heavy (non-hydrogen) atoms. The summed E-state index contributed by atoms with van der Waals surface area (Å²) >= 11 is 1.46. The molecule has 0 fully saturated rings. The summed E-state index contributed by atoms with van der Waals surface area (Å²) in [6.07, 6.45) is 6.96. The lowest BCUT2D eigenvalue weighted by atomic mass is 10.2. The van der Waals surface area contributed by atoms with Gasteiger partial charge in [0.2, 0.25) is 0 Å². The lowest BCUT2D eigenvalue weighted by Crippen LogP contribution is -2.22. The van der Waals surface area contributed by atoms with Gasteiger partial charge in [-0.1, -0.05) is 0 Å². The topological polar surface area (TPSA) is 92.2 Å². The van der Waals surface area contributed by atoms with E-state index >= 15 is 0 Å². The lowest BCUT2D eigenvalue weighted by molar-refractivity contribution is -0.131. The van der Waals surface area contributed by atoms with Gasteiger partial charge < -0.3 is 10.4 Å². The molecule has 0 spiro atoms. The Morgan fingerprint density at radius 3 is 2.95 bits per heavy atom. The third-order valence-electron chi connectivity index (χ3n) is 2.32. The summed E-state index contributed by atoms with van der Waals surface area (Å²) in [6.45, 7) is 0.353. The quantitative estimate of drug-likeness (QED) is 0.815. The Hall–Kier alpha value is -2.54. The molecule has 2 aromatic rings. The molecular weight excluding hydrogens is 278 g/mol. The Balaban J connectivity index is 2.02. The number of thiazole rings is 1. The molecule has 0 bridgehead atoms. The molecule has 0 aliphatic rings. The number of hydrogen-bond acceptors (Lipinski definition) is 5. The molecular formula is C13H11N3O3S. The van der Waals surface area contributed by atoms with Gasteiger partial charge in [0.25, 0.3) is 5.91 Å². The summed E-state index contributed by atoms with van der Waals surface area (Å²) in [7, 11) is 0. The molecule has 2 rings (SSSR count). The average molecular weight is 289 g/mol. The van der Waals surface area contributed by atoms with Crippen LogP contribution in [0, 0.1) is 0 Å². The maximum Gasteiger partial charge on any atom is 0.328 e. The molecule has 102 valence electrons. The second-order valence-electron chi connectivity index (χ2n) is 3.79. The smallest absolute Gasteiger partial charge is 0.328 e.